The molecule has 1 aromatic carbocycles. The van der Waals surface area contributed by atoms with Crippen molar-refractivity contribution >= 4 is 34.0 Å². The summed E-state index contributed by atoms with van der Waals surface area (Å²) in [5.74, 6) is 0.00648. The first kappa shape index (κ1) is 10.9. The van der Waals surface area contributed by atoms with Crippen molar-refractivity contribution in [3.8, 4) is 11.3 Å². The molecule has 0 saturated heterocycles. The lowest BCUT2D eigenvalue weighted by Gasteiger charge is -1.96. The smallest absolute Gasteiger partial charge is 0.212 e. The molecule has 0 aliphatic rings. The SMILES string of the molecule is NC(N)=Nc1nc(-c2cccc(Cl)c2)cs1. The number of rotatable bonds is 2. The molecular weight excluding hydrogens is 244 g/mol. The predicted octanol–water partition coefficient (Wildman–Crippen LogP) is 2.37. The summed E-state index contributed by atoms with van der Waals surface area (Å²) in [5.41, 5.74) is 12.3. The van der Waals surface area contributed by atoms with Crippen LogP contribution in [0.2, 0.25) is 5.02 Å². The lowest BCUT2D eigenvalue weighted by molar-refractivity contribution is 1.33. The van der Waals surface area contributed by atoms with Crippen LogP contribution in [-0.2, 0) is 0 Å². The number of halogens is 1. The molecule has 16 heavy (non-hydrogen) atoms. The van der Waals surface area contributed by atoms with Gasteiger partial charge in [0, 0.05) is 16.0 Å². The van der Waals surface area contributed by atoms with Crippen LogP contribution in [-0.4, -0.2) is 10.9 Å². The molecule has 82 valence electrons. The second-order valence-corrected chi connectivity index (χ2v) is 4.34. The van der Waals surface area contributed by atoms with Gasteiger partial charge in [0.2, 0.25) is 5.13 Å². The Balaban J connectivity index is 2.35. The van der Waals surface area contributed by atoms with E-state index in [1.165, 1.54) is 11.3 Å². The van der Waals surface area contributed by atoms with Crippen molar-refractivity contribution in [3.63, 3.8) is 0 Å². The minimum absolute atomic E-state index is 0.00648. The molecule has 0 saturated carbocycles. The number of hydrogen-bond donors (Lipinski definition) is 2. The molecule has 2 aromatic rings. The average Bonchev–Trinajstić information content (AvgIpc) is 2.65. The molecule has 0 atom stereocenters. The van der Waals surface area contributed by atoms with Crippen LogP contribution in [0.3, 0.4) is 0 Å². The zero-order valence-electron chi connectivity index (χ0n) is 8.22. The van der Waals surface area contributed by atoms with E-state index in [4.69, 9.17) is 23.1 Å². The fourth-order valence-corrected chi connectivity index (χ4v) is 2.11. The summed E-state index contributed by atoms with van der Waals surface area (Å²) < 4.78 is 0. The summed E-state index contributed by atoms with van der Waals surface area (Å²) >= 11 is 7.27. The van der Waals surface area contributed by atoms with Gasteiger partial charge in [-0.25, -0.2) is 4.98 Å². The summed E-state index contributed by atoms with van der Waals surface area (Å²) in [4.78, 5) is 8.15. The van der Waals surface area contributed by atoms with E-state index in [-0.39, 0.29) is 5.96 Å². The monoisotopic (exact) mass is 252 g/mol. The van der Waals surface area contributed by atoms with Crippen LogP contribution >= 0.6 is 22.9 Å². The fourth-order valence-electron chi connectivity index (χ4n) is 1.21. The summed E-state index contributed by atoms with van der Waals surface area (Å²) in [6.45, 7) is 0. The highest BCUT2D eigenvalue weighted by atomic mass is 35.5. The number of guanidine groups is 1. The van der Waals surface area contributed by atoms with Gasteiger partial charge in [-0.2, -0.15) is 4.99 Å². The van der Waals surface area contributed by atoms with E-state index < -0.39 is 0 Å². The highest BCUT2D eigenvalue weighted by molar-refractivity contribution is 7.13. The molecule has 4 N–H and O–H groups in total. The normalized spacial score (nSPS) is 10.1. The molecule has 0 aliphatic carbocycles. The van der Waals surface area contributed by atoms with Gasteiger partial charge in [-0.05, 0) is 12.1 Å². The maximum absolute atomic E-state index is 5.89. The van der Waals surface area contributed by atoms with Crippen LogP contribution in [0, 0.1) is 0 Å². The van der Waals surface area contributed by atoms with Gasteiger partial charge >= 0.3 is 0 Å². The zero-order valence-corrected chi connectivity index (χ0v) is 9.79. The Hall–Kier alpha value is -1.59. The molecule has 1 aromatic heterocycles. The second kappa shape index (κ2) is 4.51. The second-order valence-electron chi connectivity index (χ2n) is 3.06. The number of aliphatic imine (C=N–C) groups is 1. The summed E-state index contributed by atoms with van der Waals surface area (Å²) in [7, 11) is 0. The van der Waals surface area contributed by atoms with Crippen molar-refractivity contribution in [3.05, 3.63) is 34.7 Å². The van der Waals surface area contributed by atoms with Gasteiger partial charge < -0.3 is 11.5 Å². The molecule has 0 aliphatic heterocycles. The van der Waals surface area contributed by atoms with Gasteiger partial charge in [-0.3, -0.25) is 0 Å². The Morgan fingerprint density at radius 2 is 2.19 bits per heavy atom. The molecule has 2 rings (SSSR count). The molecule has 6 heteroatoms. The van der Waals surface area contributed by atoms with Crippen LogP contribution < -0.4 is 11.5 Å². The molecular formula is C10H9ClN4S. The highest BCUT2D eigenvalue weighted by Gasteiger charge is 2.04. The van der Waals surface area contributed by atoms with Crippen molar-refractivity contribution in [1.29, 1.82) is 0 Å². The Morgan fingerprint density at radius 3 is 2.88 bits per heavy atom. The van der Waals surface area contributed by atoms with Gasteiger partial charge in [0.05, 0.1) is 5.69 Å². The molecule has 0 fully saturated rings. The van der Waals surface area contributed by atoms with E-state index in [9.17, 15) is 0 Å². The number of thiazole rings is 1. The summed E-state index contributed by atoms with van der Waals surface area (Å²) in [6, 6.07) is 7.46. The van der Waals surface area contributed by atoms with Crippen LogP contribution in [0.5, 0.6) is 0 Å². The Labute approximate surface area is 102 Å². The minimum Gasteiger partial charge on any atom is -0.370 e. The van der Waals surface area contributed by atoms with Crippen LogP contribution in [0.25, 0.3) is 11.3 Å². The van der Waals surface area contributed by atoms with E-state index in [2.05, 4.69) is 9.98 Å². The number of aromatic nitrogens is 1. The minimum atomic E-state index is 0.00648. The summed E-state index contributed by atoms with van der Waals surface area (Å²) in [6.07, 6.45) is 0. The van der Waals surface area contributed by atoms with Crippen molar-refractivity contribution in [2.24, 2.45) is 16.5 Å². The van der Waals surface area contributed by atoms with Crippen molar-refractivity contribution in [1.82, 2.24) is 4.98 Å². The molecule has 4 nitrogen and oxygen atoms in total. The third kappa shape index (κ3) is 2.50. The van der Waals surface area contributed by atoms with Crippen LogP contribution in [0.4, 0.5) is 5.13 Å². The lowest BCUT2D eigenvalue weighted by Crippen LogP contribution is -2.21. The highest BCUT2D eigenvalue weighted by Crippen LogP contribution is 2.27. The van der Waals surface area contributed by atoms with Gasteiger partial charge in [0.25, 0.3) is 0 Å². The standard InChI is InChI=1S/C10H9ClN4S/c11-7-3-1-2-6(4-7)8-5-16-10(14-8)15-9(12)13/h1-5H,(H4,12,13,14,15). The van der Waals surface area contributed by atoms with E-state index in [0.29, 0.717) is 10.2 Å². The summed E-state index contributed by atoms with van der Waals surface area (Å²) in [5, 5.41) is 3.09. The largest absolute Gasteiger partial charge is 0.370 e. The van der Waals surface area contributed by atoms with Crippen molar-refractivity contribution < 1.29 is 0 Å². The van der Waals surface area contributed by atoms with Crippen molar-refractivity contribution in [2.45, 2.75) is 0 Å². The molecule has 0 unspecified atom stereocenters. The Kier molecular flexibility index (Phi) is 3.07. The van der Waals surface area contributed by atoms with E-state index >= 15 is 0 Å². The van der Waals surface area contributed by atoms with Gasteiger partial charge in [-0.15, -0.1) is 11.3 Å². The molecule has 0 amide bonds. The molecule has 1 heterocycles. The Morgan fingerprint density at radius 1 is 1.38 bits per heavy atom. The quantitative estimate of drug-likeness (QED) is 0.636. The van der Waals surface area contributed by atoms with Crippen LogP contribution in [0.1, 0.15) is 0 Å². The molecule has 0 bridgehead atoms. The molecule has 0 spiro atoms. The van der Waals surface area contributed by atoms with Crippen LogP contribution in [0.15, 0.2) is 34.6 Å². The van der Waals surface area contributed by atoms with E-state index in [0.717, 1.165) is 11.3 Å². The number of nitrogens with zero attached hydrogens (tertiary/aromatic N) is 2. The molecule has 0 radical (unpaired) electrons. The number of hydrogen-bond acceptors (Lipinski definition) is 3. The maximum Gasteiger partial charge on any atom is 0.212 e. The third-order valence-electron chi connectivity index (χ3n) is 1.84. The first-order valence-corrected chi connectivity index (χ1v) is 5.72. The van der Waals surface area contributed by atoms with E-state index in [1.807, 2.05) is 29.6 Å². The lowest BCUT2D eigenvalue weighted by atomic mass is 10.2. The maximum atomic E-state index is 5.89. The predicted molar refractivity (Wildman–Crippen MR) is 68.0 cm³/mol. The average molecular weight is 253 g/mol. The van der Waals surface area contributed by atoms with E-state index in [1.54, 1.807) is 0 Å². The number of benzene rings is 1. The van der Waals surface area contributed by atoms with Gasteiger partial charge in [0.1, 0.15) is 0 Å². The first-order valence-electron chi connectivity index (χ1n) is 4.46. The van der Waals surface area contributed by atoms with Gasteiger partial charge in [0.15, 0.2) is 5.96 Å². The topological polar surface area (TPSA) is 77.3 Å². The zero-order chi connectivity index (χ0) is 11.5. The van der Waals surface area contributed by atoms with Gasteiger partial charge in [-0.1, -0.05) is 23.7 Å². The number of nitrogens with two attached hydrogens (primary N) is 2. The third-order valence-corrected chi connectivity index (χ3v) is 2.81. The first-order chi connectivity index (χ1) is 7.65. The Bertz CT molecular complexity index is 531. The van der Waals surface area contributed by atoms with Crippen molar-refractivity contribution in [2.75, 3.05) is 0 Å². The fraction of sp³-hybridized carbons (Fsp3) is 0.